The number of hydrogen-bond donors (Lipinski definition) is 1. The Labute approximate surface area is 121 Å². The van der Waals surface area contributed by atoms with Gasteiger partial charge in [-0.2, -0.15) is 0 Å². The van der Waals surface area contributed by atoms with E-state index in [1.54, 1.807) is 12.1 Å². The Bertz CT molecular complexity index is 425. The summed E-state index contributed by atoms with van der Waals surface area (Å²) in [6, 6.07) is 5.84. The van der Waals surface area contributed by atoms with E-state index < -0.39 is 0 Å². The topological polar surface area (TPSA) is 24.5 Å². The Morgan fingerprint density at radius 3 is 3.00 bits per heavy atom. The van der Waals surface area contributed by atoms with Crippen molar-refractivity contribution in [2.45, 2.75) is 38.8 Å². The summed E-state index contributed by atoms with van der Waals surface area (Å²) in [6.45, 7) is 6.21. The van der Waals surface area contributed by atoms with Crippen LogP contribution >= 0.6 is 0 Å². The van der Waals surface area contributed by atoms with Crippen molar-refractivity contribution in [1.29, 1.82) is 0 Å². The van der Waals surface area contributed by atoms with Gasteiger partial charge in [-0.3, -0.25) is 4.90 Å². The van der Waals surface area contributed by atoms with E-state index in [4.69, 9.17) is 4.74 Å². The van der Waals surface area contributed by atoms with Crippen molar-refractivity contribution < 1.29 is 9.13 Å². The number of halogens is 1. The molecule has 1 aromatic carbocycles. The number of nitrogens with one attached hydrogen (secondary N) is 1. The smallest absolute Gasteiger partial charge is 0.165 e. The van der Waals surface area contributed by atoms with Gasteiger partial charge in [-0.1, -0.05) is 13.0 Å². The van der Waals surface area contributed by atoms with Crippen molar-refractivity contribution in [3.05, 3.63) is 29.6 Å². The molecular formula is C16H25FN2O. The lowest BCUT2D eigenvalue weighted by molar-refractivity contribution is 0.239. The van der Waals surface area contributed by atoms with E-state index >= 15 is 0 Å². The van der Waals surface area contributed by atoms with Gasteiger partial charge in [0.25, 0.3) is 0 Å². The molecule has 1 aromatic rings. The molecule has 0 amide bonds. The van der Waals surface area contributed by atoms with Crippen LogP contribution in [0.15, 0.2) is 18.2 Å². The van der Waals surface area contributed by atoms with Crippen LogP contribution in [0.3, 0.4) is 0 Å². The molecule has 1 aliphatic heterocycles. The summed E-state index contributed by atoms with van der Waals surface area (Å²) in [6.07, 6.45) is 3.63. The highest BCUT2D eigenvalue weighted by atomic mass is 19.1. The van der Waals surface area contributed by atoms with Crippen molar-refractivity contribution >= 4 is 0 Å². The van der Waals surface area contributed by atoms with Crippen LogP contribution in [-0.4, -0.2) is 37.7 Å². The van der Waals surface area contributed by atoms with E-state index in [-0.39, 0.29) is 5.82 Å². The molecule has 1 N–H and O–H groups in total. The second kappa shape index (κ2) is 7.60. The van der Waals surface area contributed by atoms with E-state index in [2.05, 4.69) is 17.1 Å². The van der Waals surface area contributed by atoms with Crippen LogP contribution in [0.5, 0.6) is 5.75 Å². The van der Waals surface area contributed by atoms with Crippen molar-refractivity contribution in [2.75, 3.05) is 26.7 Å². The van der Waals surface area contributed by atoms with Gasteiger partial charge in [-0.05, 0) is 50.0 Å². The van der Waals surface area contributed by atoms with Crippen molar-refractivity contribution in [3.63, 3.8) is 0 Å². The normalized spacial score (nSPS) is 19.4. The molecule has 1 aliphatic rings. The van der Waals surface area contributed by atoms with Crippen LogP contribution in [0.2, 0.25) is 0 Å². The first kappa shape index (κ1) is 15.3. The third-order valence-corrected chi connectivity index (χ3v) is 3.91. The zero-order valence-corrected chi connectivity index (χ0v) is 12.5. The molecule has 1 unspecified atom stereocenters. The van der Waals surface area contributed by atoms with E-state index in [1.165, 1.54) is 20.0 Å². The first-order valence-corrected chi connectivity index (χ1v) is 7.51. The summed E-state index contributed by atoms with van der Waals surface area (Å²) in [5.41, 5.74) is 1.02. The number of hydrogen-bond acceptors (Lipinski definition) is 3. The lowest BCUT2D eigenvalue weighted by Crippen LogP contribution is -2.37. The minimum atomic E-state index is -0.273. The molecular weight excluding hydrogens is 255 g/mol. The Morgan fingerprint density at radius 1 is 1.45 bits per heavy atom. The molecule has 0 saturated carbocycles. The molecule has 0 aliphatic carbocycles. The number of likely N-dealkylation sites (tertiary alicyclic amines) is 1. The minimum Gasteiger partial charge on any atom is -0.494 e. The molecule has 1 fully saturated rings. The second-order valence-electron chi connectivity index (χ2n) is 5.44. The highest BCUT2D eigenvalue weighted by molar-refractivity contribution is 5.29. The number of methoxy groups -OCH3 is 1. The molecule has 0 radical (unpaired) electrons. The molecule has 4 heteroatoms. The first-order valence-electron chi connectivity index (χ1n) is 7.51. The van der Waals surface area contributed by atoms with E-state index in [0.717, 1.165) is 38.2 Å². The number of nitrogens with zero attached hydrogens (tertiary/aromatic N) is 1. The third kappa shape index (κ3) is 3.93. The van der Waals surface area contributed by atoms with Gasteiger partial charge < -0.3 is 10.1 Å². The lowest BCUT2D eigenvalue weighted by Gasteiger charge is -2.25. The van der Waals surface area contributed by atoms with E-state index in [9.17, 15) is 4.39 Å². The Kier molecular flexibility index (Phi) is 5.80. The van der Waals surface area contributed by atoms with Crippen molar-refractivity contribution in [3.8, 4) is 5.75 Å². The Hall–Kier alpha value is -1.13. The van der Waals surface area contributed by atoms with Gasteiger partial charge >= 0.3 is 0 Å². The summed E-state index contributed by atoms with van der Waals surface area (Å²) in [5.74, 6) is 0.0428. The van der Waals surface area contributed by atoms with Crippen LogP contribution < -0.4 is 10.1 Å². The Balaban J connectivity index is 1.92. The molecule has 20 heavy (non-hydrogen) atoms. The van der Waals surface area contributed by atoms with Gasteiger partial charge in [-0.25, -0.2) is 4.39 Å². The van der Waals surface area contributed by atoms with Gasteiger partial charge in [0.05, 0.1) is 7.11 Å². The molecule has 0 aromatic heterocycles. The summed E-state index contributed by atoms with van der Waals surface area (Å²) in [7, 11) is 1.49. The number of rotatable bonds is 7. The molecule has 112 valence electrons. The molecule has 0 spiro atoms. The maximum Gasteiger partial charge on any atom is 0.165 e. The van der Waals surface area contributed by atoms with Gasteiger partial charge in [0, 0.05) is 19.1 Å². The highest BCUT2D eigenvalue weighted by Gasteiger charge is 2.24. The quantitative estimate of drug-likeness (QED) is 0.777. The van der Waals surface area contributed by atoms with E-state index in [1.807, 2.05) is 6.07 Å². The predicted molar refractivity (Wildman–Crippen MR) is 79.5 cm³/mol. The largest absolute Gasteiger partial charge is 0.494 e. The minimum absolute atomic E-state index is 0.273. The summed E-state index contributed by atoms with van der Waals surface area (Å²) in [5, 5.41) is 3.49. The molecule has 2 rings (SSSR count). The van der Waals surface area contributed by atoms with Gasteiger partial charge in [0.15, 0.2) is 11.6 Å². The second-order valence-corrected chi connectivity index (χ2v) is 5.44. The zero-order chi connectivity index (χ0) is 14.4. The molecule has 1 atom stereocenters. The van der Waals surface area contributed by atoms with Crippen LogP contribution in [0.25, 0.3) is 0 Å². The van der Waals surface area contributed by atoms with Crippen LogP contribution in [-0.2, 0) is 6.54 Å². The number of benzene rings is 1. The average Bonchev–Trinajstić information content (AvgIpc) is 2.87. The van der Waals surface area contributed by atoms with Gasteiger partial charge in [0.2, 0.25) is 0 Å². The fourth-order valence-electron chi connectivity index (χ4n) is 2.82. The number of ether oxygens (including phenoxy) is 1. The van der Waals surface area contributed by atoms with Crippen LogP contribution in [0, 0.1) is 5.82 Å². The maximum atomic E-state index is 13.7. The van der Waals surface area contributed by atoms with Crippen molar-refractivity contribution in [2.24, 2.45) is 0 Å². The summed E-state index contributed by atoms with van der Waals surface area (Å²) < 4.78 is 18.7. The molecule has 0 bridgehead atoms. The predicted octanol–water partition coefficient (Wildman–Crippen LogP) is 2.80. The molecule has 1 saturated heterocycles. The standard InChI is InChI=1S/C16H25FN2O/c1-3-8-18-11-14-5-4-9-19(14)12-13-6-7-16(20-2)15(17)10-13/h6-7,10,14,18H,3-5,8-9,11-12H2,1-2H3. The average molecular weight is 280 g/mol. The maximum absolute atomic E-state index is 13.7. The van der Waals surface area contributed by atoms with Gasteiger partial charge in [0.1, 0.15) is 0 Å². The molecule has 3 nitrogen and oxygen atoms in total. The van der Waals surface area contributed by atoms with Crippen LogP contribution in [0.4, 0.5) is 4.39 Å². The molecule has 1 heterocycles. The third-order valence-electron chi connectivity index (χ3n) is 3.91. The van der Waals surface area contributed by atoms with Crippen molar-refractivity contribution in [1.82, 2.24) is 10.2 Å². The lowest BCUT2D eigenvalue weighted by atomic mass is 10.1. The highest BCUT2D eigenvalue weighted by Crippen LogP contribution is 2.22. The first-order chi connectivity index (χ1) is 9.74. The SMILES string of the molecule is CCCNCC1CCCN1Cc1ccc(OC)c(F)c1. The fourth-order valence-corrected chi connectivity index (χ4v) is 2.82. The monoisotopic (exact) mass is 280 g/mol. The van der Waals surface area contributed by atoms with Crippen LogP contribution in [0.1, 0.15) is 31.7 Å². The fraction of sp³-hybridized carbons (Fsp3) is 0.625. The Morgan fingerprint density at radius 2 is 2.30 bits per heavy atom. The zero-order valence-electron chi connectivity index (χ0n) is 12.5. The summed E-state index contributed by atoms with van der Waals surface area (Å²) in [4.78, 5) is 2.45. The summed E-state index contributed by atoms with van der Waals surface area (Å²) >= 11 is 0. The van der Waals surface area contributed by atoms with E-state index in [0.29, 0.717) is 11.8 Å². The van der Waals surface area contributed by atoms with Gasteiger partial charge in [-0.15, -0.1) is 0 Å².